The average molecular weight is 233 g/mol. The van der Waals surface area contributed by atoms with E-state index in [0.29, 0.717) is 5.92 Å². The average Bonchev–Trinajstić information content (AvgIpc) is 2.96. The Morgan fingerprint density at radius 1 is 1.47 bits per heavy atom. The number of carbonyl (C=O) groups excluding carboxylic acids is 1. The van der Waals surface area contributed by atoms with Gasteiger partial charge in [0, 0.05) is 12.7 Å². The molecular weight excluding hydrogens is 214 g/mol. The molecule has 17 heavy (non-hydrogen) atoms. The SMILES string of the molecule is CC(C)C1C(=O)N(CC2CC2)Cc2cncn21. The van der Waals surface area contributed by atoms with E-state index in [-0.39, 0.29) is 11.9 Å². The van der Waals surface area contributed by atoms with Crippen molar-refractivity contribution >= 4 is 5.91 Å². The Kier molecular flexibility index (Phi) is 2.45. The third kappa shape index (κ3) is 1.85. The van der Waals surface area contributed by atoms with E-state index < -0.39 is 0 Å². The Bertz CT molecular complexity index is 434. The molecule has 1 unspecified atom stereocenters. The Labute approximate surface area is 102 Å². The predicted octanol–water partition coefficient (Wildman–Crippen LogP) is 1.83. The van der Waals surface area contributed by atoms with Crippen LogP contribution in [0.5, 0.6) is 0 Å². The summed E-state index contributed by atoms with van der Waals surface area (Å²) in [4.78, 5) is 18.7. The topological polar surface area (TPSA) is 38.1 Å². The van der Waals surface area contributed by atoms with Crippen LogP contribution in [0, 0.1) is 11.8 Å². The zero-order chi connectivity index (χ0) is 12.0. The Balaban J connectivity index is 1.89. The lowest BCUT2D eigenvalue weighted by Crippen LogP contribution is -2.44. The number of hydrogen-bond acceptors (Lipinski definition) is 2. The number of amides is 1. The molecule has 4 nitrogen and oxygen atoms in total. The first-order valence-electron chi connectivity index (χ1n) is 6.46. The third-order valence-electron chi connectivity index (χ3n) is 3.77. The molecule has 1 fully saturated rings. The summed E-state index contributed by atoms with van der Waals surface area (Å²) in [6.45, 7) is 5.88. The van der Waals surface area contributed by atoms with Gasteiger partial charge in [-0.1, -0.05) is 13.8 Å². The number of nitrogens with zero attached hydrogens (tertiary/aromatic N) is 3. The van der Waals surface area contributed by atoms with Gasteiger partial charge in [0.25, 0.3) is 0 Å². The van der Waals surface area contributed by atoms with E-state index in [4.69, 9.17) is 0 Å². The van der Waals surface area contributed by atoms with Crippen LogP contribution in [0.25, 0.3) is 0 Å². The van der Waals surface area contributed by atoms with Crippen molar-refractivity contribution in [2.75, 3.05) is 6.54 Å². The highest BCUT2D eigenvalue weighted by Gasteiger charge is 2.37. The van der Waals surface area contributed by atoms with Gasteiger partial charge in [0.1, 0.15) is 6.04 Å². The highest BCUT2D eigenvalue weighted by Crippen LogP contribution is 2.34. The molecule has 0 bridgehead atoms. The van der Waals surface area contributed by atoms with Crippen molar-refractivity contribution < 1.29 is 4.79 Å². The Morgan fingerprint density at radius 2 is 2.24 bits per heavy atom. The zero-order valence-electron chi connectivity index (χ0n) is 10.5. The van der Waals surface area contributed by atoms with Crippen LogP contribution in [0.15, 0.2) is 12.5 Å². The zero-order valence-corrected chi connectivity index (χ0v) is 10.5. The minimum Gasteiger partial charge on any atom is -0.335 e. The first-order valence-corrected chi connectivity index (χ1v) is 6.46. The van der Waals surface area contributed by atoms with Crippen LogP contribution in [0.1, 0.15) is 38.4 Å². The lowest BCUT2D eigenvalue weighted by atomic mass is 10.00. The summed E-state index contributed by atoms with van der Waals surface area (Å²) in [6.07, 6.45) is 6.26. The fourth-order valence-corrected chi connectivity index (χ4v) is 2.66. The van der Waals surface area contributed by atoms with Crippen LogP contribution in [0.2, 0.25) is 0 Å². The second-order valence-corrected chi connectivity index (χ2v) is 5.64. The van der Waals surface area contributed by atoms with Gasteiger partial charge in [0.15, 0.2) is 0 Å². The van der Waals surface area contributed by atoms with Gasteiger partial charge in [-0.3, -0.25) is 4.79 Å². The summed E-state index contributed by atoms with van der Waals surface area (Å²) in [5.41, 5.74) is 1.17. The molecule has 0 saturated heterocycles. The molecule has 0 spiro atoms. The molecule has 1 aromatic rings. The van der Waals surface area contributed by atoms with Gasteiger partial charge in [-0.25, -0.2) is 4.98 Å². The quantitative estimate of drug-likeness (QED) is 0.799. The second kappa shape index (κ2) is 3.86. The van der Waals surface area contributed by atoms with E-state index in [0.717, 1.165) is 19.0 Å². The van der Waals surface area contributed by atoms with Crippen LogP contribution in [-0.2, 0) is 11.3 Å². The van der Waals surface area contributed by atoms with Gasteiger partial charge in [0.05, 0.1) is 18.6 Å². The standard InChI is InChI=1S/C13H19N3O/c1-9(2)12-13(17)15(6-10-3-4-10)7-11-5-14-8-16(11)12/h5,8-10,12H,3-4,6-7H2,1-2H3. The molecule has 4 heteroatoms. The van der Waals surface area contributed by atoms with E-state index in [2.05, 4.69) is 23.4 Å². The molecular formula is C13H19N3O. The van der Waals surface area contributed by atoms with Crippen LogP contribution in [-0.4, -0.2) is 26.9 Å². The summed E-state index contributed by atoms with van der Waals surface area (Å²) in [6, 6.07) is -0.0556. The third-order valence-corrected chi connectivity index (χ3v) is 3.77. The van der Waals surface area contributed by atoms with Crippen LogP contribution < -0.4 is 0 Å². The first-order chi connectivity index (χ1) is 8.16. The van der Waals surface area contributed by atoms with Crippen molar-refractivity contribution in [1.29, 1.82) is 0 Å². The summed E-state index contributed by atoms with van der Waals surface area (Å²) in [5, 5.41) is 0. The summed E-state index contributed by atoms with van der Waals surface area (Å²) in [7, 11) is 0. The maximum Gasteiger partial charge on any atom is 0.246 e. The van der Waals surface area contributed by atoms with Crippen LogP contribution in [0.4, 0.5) is 0 Å². The first kappa shape index (κ1) is 10.8. The number of aromatic nitrogens is 2. The van der Waals surface area contributed by atoms with Crippen molar-refractivity contribution in [3.05, 3.63) is 18.2 Å². The van der Waals surface area contributed by atoms with E-state index in [1.54, 1.807) is 6.33 Å². The molecule has 1 saturated carbocycles. The molecule has 1 amide bonds. The molecule has 2 heterocycles. The molecule has 0 aromatic carbocycles. The van der Waals surface area contributed by atoms with E-state index >= 15 is 0 Å². The van der Waals surface area contributed by atoms with Crippen LogP contribution >= 0.6 is 0 Å². The van der Waals surface area contributed by atoms with Gasteiger partial charge in [-0.05, 0) is 24.7 Å². The molecule has 3 rings (SSSR count). The van der Waals surface area contributed by atoms with Gasteiger partial charge in [0.2, 0.25) is 5.91 Å². The maximum absolute atomic E-state index is 12.5. The predicted molar refractivity (Wildman–Crippen MR) is 64.2 cm³/mol. The van der Waals surface area contributed by atoms with Crippen molar-refractivity contribution in [3.8, 4) is 0 Å². The van der Waals surface area contributed by atoms with Crippen molar-refractivity contribution in [2.24, 2.45) is 11.8 Å². The van der Waals surface area contributed by atoms with E-state index in [1.165, 1.54) is 18.5 Å². The minimum absolute atomic E-state index is 0.0556. The fraction of sp³-hybridized carbons (Fsp3) is 0.692. The number of imidazole rings is 1. The molecule has 92 valence electrons. The molecule has 1 atom stereocenters. The van der Waals surface area contributed by atoms with Crippen molar-refractivity contribution in [3.63, 3.8) is 0 Å². The second-order valence-electron chi connectivity index (χ2n) is 5.64. The van der Waals surface area contributed by atoms with Crippen LogP contribution in [0.3, 0.4) is 0 Å². The lowest BCUT2D eigenvalue weighted by molar-refractivity contribution is -0.139. The molecule has 0 N–H and O–H groups in total. The van der Waals surface area contributed by atoms with E-state index in [1.807, 2.05) is 11.1 Å². The van der Waals surface area contributed by atoms with Gasteiger partial charge in [-0.15, -0.1) is 0 Å². The van der Waals surface area contributed by atoms with Crippen molar-refractivity contribution in [2.45, 2.75) is 39.3 Å². The van der Waals surface area contributed by atoms with Gasteiger partial charge >= 0.3 is 0 Å². The fourth-order valence-electron chi connectivity index (χ4n) is 2.66. The largest absolute Gasteiger partial charge is 0.335 e. The molecule has 0 radical (unpaired) electrons. The lowest BCUT2D eigenvalue weighted by Gasteiger charge is -2.35. The maximum atomic E-state index is 12.5. The Morgan fingerprint density at radius 3 is 2.88 bits per heavy atom. The van der Waals surface area contributed by atoms with Gasteiger partial charge in [-0.2, -0.15) is 0 Å². The summed E-state index contributed by atoms with van der Waals surface area (Å²) >= 11 is 0. The number of hydrogen-bond donors (Lipinski definition) is 0. The summed E-state index contributed by atoms with van der Waals surface area (Å²) < 4.78 is 2.05. The normalized spacial score (nSPS) is 24.3. The number of carbonyl (C=O) groups is 1. The monoisotopic (exact) mass is 233 g/mol. The van der Waals surface area contributed by atoms with Gasteiger partial charge < -0.3 is 9.47 Å². The highest BCUT2D eigenvalue weighted by atomic mass is 16.2. The minimum atomic E-state index is -0.0556. The molecule has 1 aliphatic carbocycles. The van der Waals surface area contributed by atoms with Crippen molar-refractivity contribution in [1.82, 2.24) is 14.5 Å². The highest BCUT2D eigenvalue weighted by molar-refractivity contribution is 5.81. The molecule has 1 aromatic heterocycles. The summed E-state index contributed by atoms with van der Waals surface area (Å²) in [5.74, 6) is 1.34. The molecule has 2 aliphatic rings. The smallest absolute Gasteiger partial charge is 0.246 e. The number of rotatable bonds is 3. The number of fused-ring (bicyclic) bond motifs is 1. The molecule has 1 aliphatic heterocycles. The Hall–Kier alpha value is -1.32. The van der Waals surface area contributed by atoms with E-state index in [9.17, 15) is 4.79 Å².